The summed E-state index contributed by atoms with van der Waals surface area (Å²) >= 11 is 6.04. The summed E-state index contributed by atoms with van der Waals surface area (Å²) in [5.41, 5.74) is 1.52. The van der Waals surface area contributed by atoms with E-state index in [1.54, 1.807) is 38.4 Å². The predicted octanol–water partition coefficient (Wildman–Crippen LogP) is 3.44. The van der Waals surface area contributed by atoms with Crippen molar-refractivity contribution < 1.29 is 14.3 Å². The maximum atomic E-state index is 12.5. The maximum Gasteiger partial charge on any atom is 0.244 e. The Morgan fingerprint density at radius 2 is 1.71 bits per heavy atom. The van der Waals surface area contributed by atoms with Gasteiger partial charge in [0.2, 0.25) is 11.8 Å². The Bertz CT molecular complexity index is 828. The van der Waals surface area contributed by atoms with Crippen molar-refractivity contribution in [2.75, 3.05) is 39.6 Å². The third kappa shape index (κ3) is 5.71. The molecule has 7 heteroatoms. The van der Waals surface area contributed by atoms with Crippen LogP contribution in [0.1, 0.15) is 18.5 Å². The smallest absolute Gasteiger partial charge is 0.244 e. The lowest BCUT2D eigenvalue weighted by Crippen LogP contribution is -2.41. The van der Waals surface area contributed by atoms with Crippen LogP contribution in [0.25, 0.3) is 0 Å². The van der Waals surface area contributed by atoms with Gasteiger partial charge >= 0.3 is 0 Å². The number of methoxy groups -OCH3 is 1. The monoisotopic (exact) mass is 403 g/mol. The number of hydrogen-bond acceptors (Lipinski definition) is 4. The van der Waals surface area contributed by atoms with Gasteiger partial charge in [0.15, 0.2) is 0 Å². The summed E-state index contributed by atoms with van der Waals surface area (Å²) in [6.07, 6.45) is 0. The van der Waals surface area contributed by atoms with Gasteiger partial charge < -0.3 is 15.0 Å². The maximum absolute atomic E-state index is 12.5. The van der Waals surface area contributed by atoms with Gasteiger partial charge in [0.1, 0.15) is 5.75 Å². The number of nitrogens with zero attached hydrogens (tertiary/aromatic N) is 2. The molecular weight excluding hydrogens is 378 g/mol. The number of ether oxygens (including phenoxy) is 1. The van der Waals surface area contributed by atoms with Crippen LogP contribution in [0.2, 0.25) is 5.02 Å². The molecule has 2 aromatic carbocycles. The molecule has 0 saturated carbocycles. The van der Waals surface area contributed by atoms with E-state index in [0.29, 0.717) is 10.7 Å². The average Bonchev–Trinajstić information content (AvgIpc) is 2.68. The largest absolute Gasteiger partial charge is 0.496 e. The highest BCUT2D eigenvalue weighted by Gasteiger charge is 2.21. The normalized spacial score (nSPS) is 11.8. The molecule has 1 N–H and O–H groups in total. The Balaban J connectivity index is 1.92. The Morgan fingerprint density at radius 1 is 1.07 bits per heavy atom. The molecule has 1 unspecified atom stereocenters. The van der Waals surface area contributed by atoms with Gasteiger partial charge in [-0.2, -0.15) is 0 Å². The molecule has 0 heterocycles. The van der Waals surface area contributed by atoms with Crippen LogP contribution in [0.4, 0.5) is 5.69 Å². The first-order valence-electron chi connectivity index (χ1n) is 8.95. The summed E-state index contributed by atoms with van der Waals surface area (Å²) in [6, 6.07) is 14.7. The van der Waals surface area contributed by atoms with Crippen molar-refractivity contribution in [2.45, 2.75) is 13.0 Å². The van der Waals surface area contributed by atoms with Crippen LogP contribution in [-0.2, 0) is 9.59 Å². The molecule has 0 bridgehead atoms. The highest BCUT2D eigenvalue weighted by molar-refractivity contribution is 6.33. The molecule has 2 rings (SSSR count). The number of likely N-dealkylation sites (N-methyl/N-ethyl adjacent to an activating group) is 2. The van der Waals surface area contributed by atoms with Crippen molar-refractivity contribution in [1.82, 2.24) is 9.80 Å². The molecule has 2 amide bonds. The molecule has 150 valence electrons. The van der Waals surface area contributed by atoms with Crippen molar-refractivity contribution in [3.8, 4) is 5.75 Å². The number of para-hydroxylation sites is 2. The van der Waals surface area contributed by atoms with Crippen molar-refractivity contribution in [3.05, 3.63) is 59.1 Å². The summed E-state index contributed by atoms with van der Waals surface area (Å²) < 4.78 is 5.40. The molecule has 0 aromatic heterocycles. The molecule has 28 heavy (non-hydrogen) atoms. The lowest BCUT2D eigenvalue weighted by atomic mass is 10.1. The number of halogens is 1. The number of benzene rings is 2. The van der Waals surface area contributed by atoms with Gasteiger partial charge in [-0.15, -0.1) is 0 Å². The number of hydrogen-bond donors (Lipinski definition) is 1. The predicted molar refractivity (Wildman–Crippen MR) is 112 cm³/mol. The first kappa shape index (κ1) is 21.7. The SMILES string of the molecule is COc1ccccc1C(C)N(C)CC(=O)N(C)CC(=O)Nc1ccccc1Cl. The van der Waals surface area contributed by atoms with Crippen LogP contribution in [0.5, 0.6) is 5.75 Å². The summed E-state index contributed by atoms with van der Waals surface area (Å²) in [4.78, 5) is 28.1. The van der Waals surface area contributed by atoms with Crippen molar-refractivity contribution >= 4 is 29.1 Å². The molecule has 2 aromatic rings. The van der Waals surface area contributed by atoms with E-state index in [1.165, 1.54) is 4.90 Å². The van der Waals surface area contributed by atoms with Crippen LogP contribution in [0.15, 0.2) is 48.5 Å². The second-order valence-electron chi connectivity index (χ2n) is 6.61. The fraction of sp³-hybridized carbons (Fsp3) is 0.333. The Labute approximate surface area is 171 Å². The number of anilines is 1. The van der Waals surface area contributed by atoms with Gasteiger partial charge in [0, 0.05) is 18.7 Å². The van der Waals surface area contributed by atoms with Crippen LogP contribution in [0, 0.1) is 0 Å². The summed E-state index contributed by atoms with van der Waals surface area (Å²) in [5, 5.41) is 3.17. The summed E-state index contributed by atoms with van der Waals surface area (Å²) in [6.45, 7) is 2.13. The highest BCUT2D eigenvalue weighted by Crippen LogP contribution is 2.27. The molecule has 0 fully saturated rings. The van der Waals surface area contributed by atoms with Crippen molar-refractivity contribution in [3.63, 3.8) is 0 Å². The van der Waals surface area contributed by atoms with Gasteiger partial charge in [0.05, 0.1) is 30.9 Å². The van der Waals surface area contributed by atoms with E-state index >= 15 is 0 Å². The van der Waals surface area contributed by atoms with E-state index in [0.717, 1.165) is 11.3 Å². The van der Waals surface area contributed by atoms with Crippen molar-refractivity contribution in [1.29, 1.82) is 0 Å². The van der Waals surface area contributed by atoms with Crippen molar-refractivity contribution in [2.24, 2.45) is 0 Å². The number of nitrogens with one attached hydrogen (secondary N) is 1. The minimum atomic E-state index is -0.301. The Kier molecular flexibility index (Phi) is 7.84. The fourth-order valence-corrected chi connectivity index (χ4v) is 2.96. The quantitative estimate of drug-likeness (QED) is 0.733. The van der Waals surface area contributed by atoms with Crippen LogP contribution in [-0.4, -0.2) is 55.9 Å². The standard InChI is InChI=1S/C21H26ClN3O3/c1-15(16-9-5-8-12-19(16)28-4)24(2)14-21(27)25(3)13-20(26)23-18-11-7-6-10-17(18)22/h5-12,15H,13-14H2,1-4H3,(H,23,26). The zero-order valence-electron chi connectivity index (χ0n) is 16.6. The molecule has 6 nitrogen and oxygen atoms in total. The molecule has 0 aliphatic carbocycles. The first-order valence-corrected chi connectivity index (χ1v) is 9.32. The van der Waals surface area contributed by atoms with E-state index < -0.39 is 0 Å². The van der Waals surface area contributed by atoms with Crippen LogP contribution < -0.4 is 10.1 Å². The Hall–Kier alpha value is -2.57. The van der Waals surface area contributed by atoms with Gasteiger partial charge in [0.25, 0.3) is 0 Å². The third-order valence-corrected chi connectivity index (χ3v) is 4.92. The van der Waals surface area contributed by atoms with Gasteiger partial charge in [-0.05, 0) is 32.2 Å². The minimum absolute atomic E-state index is 0.0227. The zero-order valence-corrected chi connectivity index (χ0v) is 17.4. The first-order chi connectivity index (χ1) is 13.3. The summed E-state index contributed by atoms with van der Waals surface area (Å²) in [7, 11) is 5.10. The highest BCUT2D eigenvalue weighted by atomic mass is 35.5. The number of carbonyl (C=O) groups is 2. The molecule has 0 saturated heterocycles. The van der Waals surface area contributed by atoms with Gasteiger partial charge in [-0.25, -0.2) is 0 Å². The van der Waals surface area contributed by atoms with Gasteiger partial charge in [-0.1, -0.05) is 41.9 Å². The minimum Gasteiger partial charge on any atom is -0.496 e. The molecule has 0 aliphatic rings. The van der Waals surface area contributed by atoms with E-state index in [9.17, 15) is 9.59 Å². The zero-order chi connectivity index (χ0) is 20.7. The topological polar surface area (TPSA) is 61.9 Å². The van der Waals surface area contributed by atoms with E-state index in [1.807, 2.05) is 43.1 Å². The van der Waals surface area contributed by atoms with E-state index in [2.05, 4.69) is 5.32 Å². The second kappa shape index (κ2) is 10.1. The van der Waals surface area contributed by atoms with E-state index in [4.69, 9.17) is 16.3 Å². The number of amides is 2. The Morgan fingerprint density at radius 3 is 2.39 bits per heavy atom. The number of rotatable bonds is 8. The molecule has 0 spiro atoms. The van der Waals surface area contributed by atoms with Crippen LogP contribution >= 0.6 is 11.6 Å². The fourth-order valence-electron chi connectivity index (χ4n) is 2.78. The summed E-state index contributed by atoms with van der Waals surface area (Å²) in [5.74, 6) is 0.324. The molecule has 0 aliphatic heterocycles. The molecular formula is C21H26ClN3O3. The van der Waals surface area contributed by atoms with E-state index in [-0.39, 0.29) is 30.9 Å². The van der Waals surface area contributed by atoms with Crippen LogP contribution in [0.3, 0.4) is 0 Å². The average molecular weight is 404 g/mol. The lowest BCUT2D eigenvalue weighted by molar-refractivity contribution is -0.134. The molecule has 1 atom stereocenters. The number of carbonyl (C=O) groups excluding carboxylic acids is 2. The van der Waals surface area contributed by atoms with Gasteiger partial charge in [-0.3, -0.25) is 14.5 Å². The third-order valence-electron chi connectivity index (χ3n) is 4.59. The lowest BCUT2D eigenvalue weighted by Gasteiger charge is -2.27. The second-order valence-corrected chi connectivity index (χ2v) is 7.02. The molecule has 0 radical (unpaired) electrons.